The number of carbonyl (C=O) groups excluding carboxylic acids is 1. The molecule has 0 heterocycles. The van der Waals surface area contributed by atoms with E-state index >= 15 is 0 Å². The van der Waals surface area contributed by atoms with E-state index < -0.39 is 10.8 Å². The molecule has 0 aromatic carbocycles. The molecule has 3 nitrogen and oxygen atoms in total. The molecule has 0 rings (SSSR count). The third-order valence-corrected chi connectivity index (χ3v) is 1.88. The van der Waals surface area contributed by atoms with Crippen molar-refractivity contribution >= 4 is 5.78 Å². The Hall–Kier alpha value is -1.35. The van der Waals surface area contributed by atoms with Crippen molar-refractivity contribution in [3.05, 3.63) is 0 Å². The van der Waals surface area contributed by atoms with E-state index in [-0.39, 0.29) is 18.6 Å². The van der Waals surface area contributed by atoms with Crippen LogP contribution in [0, 0.1) is 33.5 Å². The van der Waals surface area contributed by atoms with Gasteiger partial charge < -0.3 is 0 Å². The van der Waals surface area contributed by atoms with Gasteiger partial charge in [0.05, 0.1) is 23.0 Å². The largest absolute Gasteiger partial charge is 0.300 e. The lowest BCUT2D eigenvalue weighted by molar-refractivity contribution is -0.121. The van der Waals surface area contributed by atoms with Gasteiger partial charge in [-0.3, -0.25) is 4.79 Å². The van der Waals surface area contributed by atoms with Gasteiger partial charge >= 0.3 is 0 Å². The van der Waals surface area contributed by atoms with Gasteiger partial charge in [0.1, 0.15) is 5.78 Å². The summed E-state index contributed by atoms with van der Waals surface area (Å²) in [5, 5.41) is 17.5. The molecule has 0 aromatic heterocycles. The molecule has 0 atom stereocenters. The van der Waals surface area contributed by atoms with Crippen LogP contribution in [0.1, 0.15) is 40.5 Å². The average molecular weight is 192 g/mol. The van der Waals surface area contributed by atoms with Crippen LogP contribution in [0.15, 0.2) is 0 Å². The first-order valence-electron chi connectivity index (χ1n) is 4.57. The number of rotatable bonds is 4. The maximum atomic E-state index is 11.5. The van der Waals surface area contributed by atoms with Crippen molar-refractivity contribution in [1.82, 2.24) is 0 Å². The maximum absolute atomic E-state index is 11.5. The normalized spacial score (nSPS) is 11.6. The summed E-state index contributed by atoms with van der Waals surface area (Å²) in [6.07, 6.45) is 0.434. The molecule has 0 radical (unpaired) electrons. The second-order valence-corrected chi connectivity index (χ2v) is 4.88. The van der Waals surface area contributed by atoms with E-state index in [9.17, 15) is 4.79 Å². The van der Waals surface area contributed by atoms with Gasteiger partial charge in [-0.1, -0.05) is 0 Å². The summed E-state index contributed by atoms with van der Waals surface area (Å²) in [7, 11) is 0. The van der Waals surface area contributed by atoms with Crippen molar-refractivity contribution in [2.45, 2.75) is 40.5 Å². The van der Waals surface area contributed by atoms with Crippen LogP contribution in [-0.2, 0) is 4.79 Å². The second-order valence-electron chi connectivity index (χ2n) is 4.88. The molecule has 0 amide bonds. The molecule has 0 fully saturated rings. The van der Waals surface area contributed by atoms with Crippen LogP contribution < -0.4 is 0 Å². The molecule has 0 bridgehead atoms. The van der Waals surface area contributed by atoms with E-state index in [0.29, 0.717) is 0 Å². The maximum Gasteiger partial charge on any atom is 0.136 e. The molecule has 3 heteroatoms. The molecule has 14 heavy (non-hydrogen) atoms. The van der Waals surface area contributed by atoms with E-state index in [0.717, 1.165) is 0 Å². The molecule has 0 aliphatic carbocycles. The summed E-state index contributed by atoms with van der Waals surface area (Å²) in [6.45, 7) is 6.91. The van der Waals surface area contributed by atoms with Crippen LogP contribution in [0.25, 0.3) is 0 Å². The molecule has 0 saturated carbocycles. The third kappa shape index (κ3) is 4.62. The van der Waals surface area contributed by atoms with Crippen molar-refractivity contribution < 1.29 is 4.79 Å². The summed E-state index contributed by atoms with van der Waals surface area (Å²) < 4.78 is 0. The minimum absolute atomic E-state index is 0.0249. The van der Waals surface area contributed by atoms with Gasteiger partial charge in [0, 0.05) is 12.8 Å². The van der Waals surface area contributed by atoms with Crippen LogP contribution in [0.5, 0.6) is 0 Å². The molecule has 0 unspecified atom stereocenters. The highest BCUT2D eigenvalue weighted by Crippen LogP contribution is 2.25. The van der Waals surface area contributed by atoms with Crippen LogP contribution >= 0.6 is 0 Å². The fourth-order valence-corrected chi connectivity index (χ4v) is 1.13. The van der Waals surface area contributed by atoms with E-state index in [1.807, 2.05) is 0 Å². The summed E-state index contributed by atoms with van der Waals surface area (Å²) in [5.41, 5.74) is -1.24. The molecule has 0 aromatic rings. The van der Waals surface area contributed by atoms with Crippen LogP contribution in [0.4, 0.5) is 0 Å². The van der Waals surface area contributed by atoms with E-state index in [1.54, 1.807) is 27.7 Å². The van der Waals surface area contributed by atoms with Crippen LogP contribution in [0.2, 0.25) is 0 Å². The third-order valence-electron chi connectivity index (χ3n) is 1.88. The number of ketones is 1. The number of Topliss-reactive ketones (excluding diaryl/α,β-unsaturated/α-hetero) is 1. The number of hydrogen-bond acceptors (Lipinski definition) is 3. The van der Waals surface area contributed by atoms with Gasteiger partial charge in [-0.25, -0.2) is 0 Å². The fraction of sp³-hybridized carbons (Fsp3) is 0.727. The standard InChI is InChI=1S/C11H16N2O/c1-10(2,7-12)5-9(14)6-11(3,4)8-13/h5-6H2,1-4H3. The Bertz CT molecular complexity index is 272. The first kappa shape index (κ1) is 12.7. The molecule has 76 valence electrons. The summed E-state index contributed by atoms with van der Waals surface area (Å²) in [4.78, 5) is 11.5. The number of nitrogens with zero attached hydrogens (tertiary/aromatic N) is 2. The lowest BCUT2D eigenvalue weighted by Crippen LogP contribution is -2.20. The lowest BCUT2D eigenvalue weighted by atomic mass is 9.82. The SMILES string of the molecule is CC(C)(C#N)CC(=O)CC(C)(C)C#N. The average Bonchev–Trinajstić information content (AvgIpc) is 2.02. The Kier molecular flexibility index (Phi) is 3.83. The van der Waals surface area contributed by atoms with Crippen molar-refractivity contribution in [1.29, 1.82) is 10.5 Å². The Balaban J connectivity index is 4.30. The zero-order valence-electron chi connectivity index (χ0n) is 9.22. The zero-order valence-corrected chi connectivity index (χ0v) is 9.22. The molecular formula is C11H16N2O. The summed E-state index contributed by atoms with van der Waals surface area (Å²) in [5.74, 6) is -0.0249. The summed E-state index contributed by atoms with van der Waals surface area (Å²) in [6, 6.07) is 4.14. The highest BCUT2D eigenvalue weighted by atomic mass is 16.1. The summed E-state index contributed by atoms with van der Waals surface area (Å²) >= 11 is 0. The minimum Gasteiger partial charge on any atom is -0.300 e. The molecule has 0 saturated heterocycles. The number of carbonyl (C=O) groups is 1. The topological polar surface area (TPSA) is 64.7 Å². The first-order chi connectivity index (χ1) is 6.22. The van der Waals surface area contributed by atoms with E-state index in [2.05, 4.69) is 12.1 Å². The zero-order chi connectivity index (χ0) is 11.4. The molecule has 0 aliphatic heterocycles. The quantitative estimate of drug-likeness (QED) is 0.687. The van der Waals surface area contributed by atoms with Crippen molar-refractivity contribution in [3.63, 3.8) is 0 Å². The first-order valence-corrected chi connectivity index (χ1v) is 4.57. The highest BCUT2D eigenvalue weighted by Gasteiger charge is 2.26. The molecular weight excluding hydrogens is 176 g/mol. The fourth-order valence-electron chi connectivity index (χ4n) is 1.13. The van der Waals surface area contributed by atoms with Crippen LogP contribution in [-0.4, -0.2) is 5.78 Å². The van der Waals surface area contributed by atoms with E-state index in [1.165, 1.54) is 0 Å². The van der Waals surface area contributed by atoms with Gasteiger partial charge in [0.15, 0.2) is 0 Å². The Morgan fingerprint density at radius 2 is 1.29 bits per heavy atom. The van der Waals surface area contributed by atoms with Crippen molar-refractivity contribution in [2.24, 2.45) is 10.8 Å². The lowest BCUT2D eigenvalue weighted by Gasteiger charge is -2.18. The number of hydrogen-bond donors (Lipinski definition) is 0. The Labute approximate surface area is 85.3 Å². The van der Waals surface area contributed by atoms with Gasteiger partial charge in [0.25, 0.3) is 0 Å². The highest BCUT2D eigenvalue weighted by molar-refractivity contribution is 5.80. The van der Waals surface area contributed by atoms with Gasteiger partial charge in [-0.2, -0.15) is 10.5 Å². The van der Waals surface area contributed by atoms with Gasteiger partial charge in [0.2, 0.25) is 0 Å². The van der Waals surface area contributed by atoms with Crippen molar-refractivity contribution in [3.8, 4) is 12.1 Å². The Morgan fingerprint density at radius 1 is 1.00 bits per heavy atom. The predicted molar refractivity (Wildman–Crippen MR) is 53.0 cm³/mol. The predicted octanol–water partition coefficient (Wildman–Crippen LogP) is 2.44. The molecule has 0 aliphatic rings. The monoisotopic (exact) mass is 192 g/mol. The molecule has 0 N–H and O–H groups in total. The van der Waals surface area contributed by atoms with Gasteiger partial charge in [-0.05, 0) is 27.7 Å². The minimum atomic E-state index is -0.622. The Morgan fingerprint density at radius 3 is 1.50 bits per heavy atom. The number of nitriles is 2. The molecule has 0 spiro atoms. The van der Waals surface area contributed by atoms with Crippen LogP contribution in [0.3, 0.4) is 0 Å². The van der Waals surface area contributed by atoms with Crippen molar-refractivity contribution in [2.75, 3.05) is 0 Å². The van der Waals surface area contributed by atoms with Gasteiger partial charge in [-0.15, -0.1) is 0 Å². The second kappa shape index (κ2) is 4.24. The smallest absolute Gasteiger partial charge is 0.136 e. The van der Waals surface area contributed by atoms with E-state index in [4.69, 9.17) is 10.5 Å².